The number of carbonyl (C=O) groups excluding carboxylic acids is 3. The van der Waals surface area contributed by atoms with Crippen molar-refractivity contribution < 1.29 is 38.1 Å². The maximum atomic E-state index is 12.6. The predicted octanol–water partition coefficient (Wildman–Crippen LogP) is 7.18. The zero-order chi connectivity index (χ0) is 30.2. The third-order valence-corrected chi connectivity index (χ3v) is 6.23. The summed E-state index contributed by atoms with van der Waals surface area (Å²) < 4.78 is 27.2. The normalized spacial score (nSPS) is 10.5. The van der Waals surface area contributed by atoms with Gasteiger partial charge in [-0.2, -0.15) is 0 Å². The zero-order valence-corrected chi connectivity index (χ0v) is 24.1. The number of hydrogen-bond acceptors (Lipinski definition) is 8. The van der Waals surface area contributed by atoms with Crippen molar-refractivity contribution in [2.75, 3.05) is 19.8 Å². The Morgan fingerprint density at radius 1 is 0.643 bits per heavy atom. The average molecular weight is 574 g/mol. The number of esters is 3. The number of hydrogen-bond donors (Lipinski definition) is 0. The minimum absolute atomic E-state index is 0.320. The molecule has 0 aromatic heterocycles. The van der Waals surface area contributed by atoms with Crippen molar-refractivity contribution in [3.8, 4) is 23.0 Å². The third-order valence-electron chi connectivity index (χ3n) is 6.23. The summed E-state index contributed by atoms with van der Waals surface area (Å²) in [6, 6.07) is 19.7. The van der Waals surface area contributed by atoms with Gasteiger partial charge in [-0.25, -0.2) is 14.4 Å². The van der Waals surface area contributed by atoms with Gasteiger partial charge >= 0.3 is 17.9 Å². The molecule has 8 heteroatoms. The van der Waals surface area contributed by atoms with E-state index in [9.17, 15) is 14.4 Å². The van der Waals surface area contributed by atoms with E-state index in [1.807, 2.05) is 6.92 Å². The topological polar surface area (TPSA) is 97.4 Å². The summed E-state index contributed by atoms with van der Waals surface area (Å²) in [5.41, 5.74) is 0.771. The molecule has 0 fully saturated rings. The Morgan fingerprint density at radius 3 is 1.57 bits per heavy atom. The van der Waals surface area contributed by atoms with Crippen molar-refractivity contribution in [3.63, 3.8) is 0 Å². The van der Waals surface area contributed by atoms with Crippen molar-refractivity contribution in [2.24, 2.45) is 0 Å². The van der Waals surface area contributed by atoms with Crippen molar-refractivity contribution in [1.82, 2.24) is 0 Å². The second-order valence-electron chi connectivity index (χ2n) is 9.53. The summed E-state index contributed by atoms with van der Waals surface area (Å²) in [5, 5.41) is 0. The Bertz CT molecular complexity index is 1280. The fraction of sp³-hybridized carbons (Fsp3) is 0.294. The smallest absolute Gasteiger partial charge is 0.343 e. The molecule has 1 radical (unpaired) electrons. The van der Waals surface area contributed by atoms with Gasteiger partial charge in [0.1, 0.15) is 23.0 Å². The molecule has 0 saturated carbocycles. The van der Waals surface area contributed by atoms with Crippen LogP contribution in [0.1, 0.15) is 66.7 Å². The van der Waals surface area contributed by atoms with E-state index in [1.165, 1.54) is 5.92 Å². The highest BCUT2D eigenvalue weighted by Crippen LogP contribution is 2.22. The lowest BCUT2D eigenvalue weighted by atomic mass is 10.1. The van der Waals surface area contributed by atoms with Gasteiger partial charge < -0.3 is 23.7 Å². The first-order chi connectivity index (χ1) is 20.4. The first-order valence-electron chi connectivity index (χ1n) is 14.0. The van der Waals surface area contributed by atoms with E-state index in [-0.39, 0.29) is 0 Å². The van der Waals surface area contributed by atoms with Gasteiger partial charge in [-0.3, -0.25) is 0 Å². The van der Waals surface area contributed by atoms with Gasteiger partial charge in [-0.1, -0.05) is 20.4 Å². The molecule has 0 saturated heterocycles. The molecular weight excluding hydrogens is 536 g/mol. The molecule has 0 N–H and O–H groups in total. The van der Waals surface area contributed by atoms with Crippen molar-refractivity contribution in [1.29, 1.82) is 0 Å². The van der Waals surface area contributed by atoms with E-state index in [2.05, 4.69) is 13.5 Å². The summed E-state index contributed by atoms with van der Waals surface area (Å²) in [7, 11) is 0. The fourth-order valence-electron chi connectivity index (χ4n) is 3.57. The lowest BCUT2D eigenvalue weighted by Gasteiger charge is -2.11. The molecule has 8 nitrogen and oxygen atoms in total. The number of carbonyl (C=O) groups is 3. The van der Waals surface area contributed by atoms with Gasteiger partial charge in [0.2, 0.25) is 0 Å². The average Bonchev–Trinajstić information content (AvgIpc) is 3.02. The molecule has 0 heterocycles. The molecule has 0 bridgehead atoms. The van der Waals surface area contributed by atoms with Gasteiger partial charge in [-0.05, 0) is 105 Å². The highest BCUT2D eigenvalue weighted by molar-refractivity contribution is 5.92. The number of rotatable bonds is 17. The van der Waals surface area contributed by atoms with Crippen LogP contribution < -0.4 is 18.9 Å². The van der Waals surface area contributed by atoms with Crippen molar-refractivity contribution in [3.05, 3.63) is 102 Å². The SMILES string of the molecule is C=CC(=O)OCCCCCCOc1ccc(C(=O)Oc2ccc(OC(=O)c3ccc(OC[C](C)CC)cc3)cc2)cc1. The first-order valence-corrected chi connectivity index (χ1v) is 14.0. The largest absolute Gasteiger partial charge is 0.494 e. The second-order valence-corrected chi connectivity index (χ2v) is 9.53. The molecular formula is C34H37O8. The van der Waals surface area contributed by atoms with Crippen LogP contribution in [0.5, 0.6) is 23.0 Å². The Balaban J connectivity index is 1.38. The fourth-order valence-corrected chi connectivity index (χ4v) is 3.57. The zero-order valence-electron chi connectivity index (χ0n) is 24.1. The maximum Gasteiger partial charge on any atom is 0.343 e. The molecule has 0 unspecified atom stereocenters. The summed E-state index contributed by atoms with van der Waals surface area (Å²) >= 11 is 0. The molecule has 0 amide bonds. The summed E-state index contributed by atoms with van der Waals surface area (Å²) in [6.07, 6.45) is 5.66. The molecule has 3 rings (SSSR count). The minimum Gasteiger partial charge on any atom is -0.494 e. The van der Waals surface area contributed by atoms with Gasteiger partial charge in [-0.15, -0.1) is 0 Å². The van der Waals surface area contributed by atoms with Crippen LogP contribution in [0.3, 0.4) is 0 Å². The van der Waals surface area contributed by atoms with E-state index < -0.39 is 17.9 Å². The molecule has 221 valence electrons. The van der Waals surface area contributed by atoms with Crippen LogP contribution in [0.15, 0.2) is 85.5 Å². The van der Waals surface area contributed by atoms with Crippen LogP contribution in [0.2, 0.25) is 0 Å². The standard InChI is InChI=1S/C34H37O8/c1-4-25(3)24-40-29-16-12-27(13-17-29)34(37)42-31-20-18-30(19-21-31)41-33(36)26-10-14-28(15-11-26)38-22-8-6-7-9-23-39-32(35)5-2/h5,10-21H,2,4,6-9,22-24H2,1,3H3. The molecule has 3 aromatic rings. The van der Waals surface area contributed by atoms with E-state index >= 15 is 0 Å². The Hall–Kier alpha value is -4.59. The monoisotopic (exact) mass is 573 g/mol. The number of ether oxygens (including phenoxy) is 5. The lowest BCUT2D eigenvalue weighted by Crippen LogP contribution is -2.10. The highest BCUT2D eigenvalue weighted by atomic mass is 16.5. The van der Waals surface area contributed by atoms with Crippen molar-refractivity contribution >= 4 is 17.9 Å². The predicted molar refractivity (Wildman–Crippen MR) is 159 cm³/mol. The molecule has 0 aliphatic rings. The molecule has 0 atom stereocenters. The van der Waals surface area contributed by atoms with E-state index in [0.717, 1.165) is 38.2 Å². The van der Waals surface area contributed by atoms with E-state index in [4.69, 9.17) is 23.7 Å². The minimum atomic E-state index is -0.516. The summed E-state index contributed by atoms with van der Waals surface area (Å²) in [4.78, 5) is 36.0. The van der Waals surface area contributed by atoms with Crippen LogP contribution in [0.25, 0.3) is 0 Å². The summed E-state index contributed by atoms with van der Waals surface area (Å²) in [6.45, 7) is 8.95. The second kappa shape index (κ2) is 17.3. The Kier molecular flexibility index (Phi) is 13.1. The van der Waals surface area contributed by atoms with Gasteiger partial charge in [0, 0.05) is 12.0 Å². The number of unbranched alkanes of at least 4 members (excludes halogenated alkanes) is 3. The maximum absolute atomic E-state index is 12.6. The van der Waals surface area contributed by atoms with Gasteiger partial charge in [0.25, 0.3) is 0 Å². The molecule has 42 heavy (non-hydrogen) atoms. The van der Waals surface area contributed by atoms with Crippen LogP contribution in [0.4, 0.5) is 0 Å². The third kappa shape index (κ3) is 11.1. The molecule has 3 aromatic carbocycles. The van der Waals surface area contributed by atoms with E-state index in [1.54, 1.807) is 72.8 Å². The van der Waals surface area contributed by atoms with Gasteiger partial charge in [0.15, 0.2) is 0 Å². The van der Waals surface area contributed by atoms with E-state index in [0.29, 0.717) is 53.9 Å². The van der Waals surface area contributed by atoms with Gasteiger partial charge in [0.05, 0.1) is 30.9 Å². The van der Waals surface area contributed by atoms with Crippen molar-refractivity contribution in [2.45, 2.75) is 46.0 Å². The molecule has 0 aliphatic heterocycles. The van der Waals surface area contributed by atoms with Crippen LogP contribution in [-0.4, -0.2) is 37.7 Å². The molecule has 0 spiro atoms. The van der Waals surface area contributed by atoms with Crippen LogP contribution >= 0.6 is 0 Å². The van der Waals surface area contributed by atoms with Crippen LogP contribution in [0, 0.1) is 5.92 Å². The molecule has 0 aliphatic carbocycles. The first kappa shape index (κ1) is 31.9. The quantitative estimate of drug-likeness (QED) is 0.0725. The lowest BCUT2D eigenvalue weighted by molar-refractivity contribution is -0.137. The Labute approximate surface area is 247 Å². The highest BCUT2D eigenvalue weighted by Gasteiger charge is 2.12. The number of benzene rings is 3. The summed E-state index contributed by atoms with van der Waals surface area (Å²) in [5.74, 6) is 1.80. The Morgan fingerprint density at radius 2 is 1.10 bits per heavy atom. The van der Waals surface area contributed by atoms with Crippen LogP contribution in [-0.2, 0) is 9.53 Å².